The number of nitrogens with zero attached hydrogens (tertiary/aromatic N) is 2. The number of allylic oxidation sites excluding steroid dienone is 3. The molecular weight excluding hydrogens is 148 g/mol. The maximum absolute atomic E-state index is 4.27. The van der Waals surface area contributed by atoms with Gasteiger partial charge in [0.05, 0.1) is 6.34 Å². The van der Waals surface area contributed by atoms with Crippen LogP contribution in [0.3, 0.4) is 0 Å². The van der Waals surface area contributed by atoms with Gasteiger partial charge in [0.1, 0.15) is 0 Å². The molecule has 12 heavy (non-hydrogen) atoms. The third-order valence-electron chi connectivity index (χ3n) is 1.93. The standard InChI is InChI=1S/C10H16N2/c1-4-5-9(2)11-8-12(3)10-6-7-10/h4-5,8,10H,1,6-7H2,2-3H3/b9-5+,11-8?. The van der Waals surface area contributed by atoms with E-state index in [-0.39, 0.29) is 0 Å². The number of hydrogen-bond donors (Lipinski definition) is 0. The van der Waals surface area contributed by atoms with Crippen molar-refractivity contribution in [3.8, 4) is 0 Å². The van der Waals surface area contributed by atoms with E-state index in [1.54, 1.807) is 6.08 Å². The van der Waals surface area contributed by atoms with Crippen LogP contribution in [0.1, 0.15) is 19.8 Å². The maximum atomic E-state index is 4.27. The van der Waals surface area contributed by atoms with Crippen LogP contribution >= 0.6 is 0 Å². The Morgan fingerprint density at radius 2 is 2.25 bits per heavy atom. The van der Waals surface area contributed by atoms with E-state index in [0.29, 0.717) is 0 Å². The highest BCUT2D eigenvalue weighted by Crippen LogP contribution is 2.24. The molecule has 0 bridgehead atoms. The molecule has 2 nitrogen and oxygen atoms in total. The van der Waals surface area contributed by atoms with Crippen LogP contribution in [0.25, 0.3) is 0 Å². The lowest BCUT2D eigenvalue weighted by molar-refractivity contribution is 0.510. The van der Waals surface area contributed by atoms with E-state index in [4.69, 9.17) is 0 Å². The van der Waals surface area contributed by atoms with E-state index in [2.05, 4.69) is 23.5 Å². The SMILES string of the molecule is C=C/C=C(\C)N=CN(C)C1CC1. The fraction of sp³-hybridized carbons (Fsp3) is 0.500. The van der Waals surface area contributed by atoms with Gasteiger partial charge in [-0.25, -0.2) is 4.99 Å². The second kappa shape index (κ2) is 4.10. The summed E-state index contributed by atoms with van der Waals surface area (Å²) < 4.78 is 0. The zero-order chi connectivity index (χ0) is 8.97. The van der Waals surface area contributed by atoms with Gasteiger partial charge in [-0.1, -0.05) is 12.7 Å². The highest BCUT2D eigenvalue weighted by atomic mass is 15.2. The van der Waals surface area contributed by atoms with Crippen molar-refractivity contribution in [3.63, 3.8) is 0 Å². The van der Waals surface area contributed by atoms with Crippen molar-refractivity contribution in [1.82, 2.24) is 4.90 Å². The van der Waals surface area contributed by atoms with E-state index in [0.717, 1.165) is 11.7 Å². The minimum absolute atomic E-state index is 0.741. The van der Waals surface area contributed by atoms with E-state index in [1.807, 2.05) is 19.3 Å². The molecule has 1 rings (SSSR count). The van der Waals surface area contributed by atoms with Crippen molar-refractivity contribution in [2.24, 2.45) is 4.99 Å². The third-order valence-corrected chi connectivity index (χ3v) is 1.93. The monoisotopic (exact) mass is 164 g/mol. The van der Waals surface area contributed by atoms with Crippen molar-refractivity contribution >= 4 is 6.34 Å². The topological polar surface area (TPSA) is 15.6 Å². The van der Waals surface area contributed by atoms with Gasteiger partial charge >= 0.3 is 0 Å². The minimum Gasteiger partial charge on any atom is -0.363 e. The summed E-state index contributed by atoms with van der Waals surface area (Å²) in [6.07, 6.45) is 8.17. The lowest BCUT2D eigenvalue weighted by Crippen LogP contribution is -2.18. The summed E-state index contributed by atoms with van der Waals surface area (Å²) >= 11 is 0. The predicted molar refractivity (Wildman–Crippen MR) is 53.2 cm³/mol. The van der Waals surface area contributed by atoms with Crippen LogP contribution in [0, 0.1) is 0 Å². The fourth-order valence-corrected chi connectivity index (χ4v) is 0.972. The number of aliphatic imine (C=N–C) groups is 1. The summed E-state index contributed by atoms with van der Waals surface area (Å²) in [4.78, 5) is 6.43. The van der Waals surface area contributed by atoms with Crippen molar-refractivity contribution in [2.75, 3.05) is 7.05 Å². The number of hydrogen-bond acceptors (Lipinski definition) is 1. The van der Waals surface area contributed by atoms with E-state index >= 15 is 0 Å². The molecule has 0 saturated heterocycles. The van der Waals surface area contributed by atoms with Gasteiger partial charge in [0.15, 0.2) is 0 Å². The molecule has 0 N–H and O–H groups in total. The fourth-order valence-electron chi connectivity index (χ4n) is 0.972. The van der Waals surface area contributed by atoms with Crippen LogP contribution in [-0.2, 0) is 0 Å². The molecule has 0 heterocycles. The average Bonchev–Trinajstić information content (AvgIpc) is 2.83. The zero-order valence-corrected chi connectivity index (χ0v) is 7.83. The second-order valence-corrected chi connectivity index (χ2v) is 3.18. The molecule has 66 valence electrons. The number of rotatable bonds is 4. The molecular formula is C10H16N2. The Morgan fingerprint density at radius 1 is 1.58 bits per heavy atom. The van der Waals surface area contributed by atoms with Crippen LogP contribution < -0.4 is 0 Å². The first-order chi connectivity index (χ1) is 5.74. The quantitative estimate of drug-likeness (QED) is 0.353. The first-order valence-corrected chi connectivity index (χ1v) is 4.29. The van der Waals surface area contributed by atoms with Gasteiger partial charge < -0.3 is 4.90 Å². The highest BCUT2D eigenvalue weighted by molar-refractivity contribution is 5.57. The summed E-state index contributed by atoms with van der Waals surface area (Å²) in [6, 6.07) is 0.741. The van der Waals surface area contributed by atoms with Crippen LogP contribution in [0.4, 0.5) is 0 Å². The molecule has 2 heteroatoms. The Labute approximate surface area is 74.3 Å². The Hall–Kier alpha value is -1.05. The summed E-state index contributed by atoms with van der Waals surface area (Å²) in [6.45, 7) is 5.58. The van der Waals surface area contributed by atoms with Gasteiger partial charge in [-0.15, -0.1) is 0 Å². The molecule has 0 unspecified atom stereocenters. The zero-order valence-electron chi connectivity index (χ0n) is 7.83. The van der Waals surface area contributed by atoms with Gasteiger partial charge in [0.2, 0.25) is 0 Å². The normalized spacial score (nSPS) is 18.3. The molecule has 0 aliphatic heterocycles. The van der Waals surface area contributed by atoms with Crippen LogP contribution in [0.2, 0.25) is 0 Å². The third kappa shape index (κ3) is 2.91. The molecule has 0 aromatic rings. The van der Waals surface area contributed by atoms with Crippen molar-refractivity contribution in [3.05, 3.63) is 24.4 Å². The Balaban J connectivity index is 2.36. The molecule has 1 saturated carbocycles. The van der Waals surface area contributed by atoms with E-state index in [1.165, 1.54) is 12.8 Å². The highest BCUT2D eigenvalue weighted by Gasteiger charge is 2.24. The lowest BCUT2D eigenvalue weighted by Gasteiger charge is -2.09. The molecule has 0 amide bonds. The Bertz CT molecular complexity index is 212. The van der Waals surface area contributed by atoms with Gasteiger partial charge in [0, 0.05) is 18.8 Å². The van der Waals surface area contributed by atoms with Gasteiger partial charge in [-0.2, -0.15) is 0 Å². The minimum atomic E-state index is 0.741. The van der Waals surface area contributed by atoms with Crippen molar-refractivity contribution in [2.45, 2.75) is 25.8 Å². The van der Waals surface area contributed by atoms with Gasteiger partial charge in [-0.05, 0) is 25.8 Å². The van der Waals surface area contributed by atoms with Gasteiger partial charge in [-0.3, -0.25) is 0 Å². The molecule has 0 atom stereocenters. The largest absolute Gasteiger partial charge is 0.363 e. The van der Waals surface area contributed by atoms with Gasteiger partial charge in [0.25, 0.3) is 0 Å². The molecule has 0 spiro atoms. The molecule has 0 radical (unpaired) electrons. The second-order valence-electron chi connectivity index (χ2n) is 3.18. The van der Waals surface area contributed by atoms with E-state index < -0.39 is 0 Å². The maximum Gasteiger partial charge on any atom is 0.0908 e. The molecule has 1 aliphatic carbocycles. The van der Waals surface area contributed by atoms with Crippen LogP contribution in [0.5, 0.6) is 0 Å². The van der Waals surface area contributed by atoms with Crippen LogP contribution in [-0.4, -0.2) is 24.3 Å². The molecule has 0 aromatic heterocycles. The first kappa shape index (κ1) is 9.04. The summed E-state index contributed by atoms with van der Waals surface area (Å²) in [7, 11) is 2.07. The van der Waals surface area contributed by atoms with E-state index in [9.17, 15) is 0 Å². The van der Waals surface area contributed by atoms with Crippen molar-refractivity contribution < 1.29 is 0 Å². The summed E-state index contributed by atoms with van der Waals surface area (Å²) in [5.41, 5.74) is 0.998. The average molecular weight is 164 g/mol. The molecule has 1 fully saturated rings. The summed E-state index contributed by atoms with van der Waals surface area (Å²) in [5.74, 6) is 0. The lowest BCUT2D eigenvalue weighted by atomic mass is 10.4. The van der Waals surface area contributed by atoms with Crippen LogP contribution in [0.15, 0.2) is 29.4 Å². The molecule has 0 aromatic carbocycles. The predicted octanol–water partition coefficient (Wildman–Crippen LogP) is 2.20. The Morgan fingerprint density at radius 3 is 2.75 bits per heavy atom. The Kier molecular flexibility index (Phi) is 3.09. The molecule has 1 aliphatic rings. The first-order valence-electron chi connectivity index (χ1n) is 4.29. The van der Waals surface area contributed by atoms with Crippen molar-refractivity contribution in [1.29, 1.82) is 0 Å². The smallest absolute Gasteiger partial charge is 0.0908 e. The summed E-state index contributed by atoms with van der Waals surface area (Å²) in [5, 5.41) is 0.